The summed E-state index contributed by atoms with van der Waals surface area (Å²) in [5.74, 6) is 0.172. The Bertz CT molecular complexity index is 1030. The first-order chi connectivity index (χ1) is 14.3. The molecule has 10 heteroatoms. The molecule has 0 aromatic carbocycles. The zero-order valence-electron chi connectivity index (χ0n) is 16.1. The molecule has 0 spiro atoms. The minimum Gasteiger partial charge on any atom is -0.374 e. The molecular formula is C20H20F4N6. The van der Waals surface area contributed by atoms with Crippen LogP contribution >= 0.6 is 0 Å². The lowest BCUT2D eigenvalue weighted by molar-refractivity contribution is -0.138. The van der Waals surface area contributed by atoms with Crippen LogP contribution in [0.25, 0.3) is 0 Å². The molecule has 0 amide bonds. The van der Waals surface area contributed by atoms with E-state index < -0.39 is 17.7 Å². The van der Waals surface area contributed by atoms with Crippen LogP contribution < -0.4 is 10.6 Å². The van der Waals surface area contributed by atoms with Gasteiger partial charge in [-0.2, -0.15) is 17.6 Å². The predicted octanol–water partition coefficient (Wildman–Crippen LogP) is 4.40. The summed E-state index contributed by atoms with van der Waals surface area (Å²) < 4.78 is 53.7. The standard InChI is InChI=1S/C20H20F4N6/c1-26-19-15(4-6-25)13(10-29-19)8-12-2-3-17(30-18(12)21)28-11-14-9-27-7-5-16(14)20(22,23)24/h2-3,5-7,9-10,25-26,29H,4,8,11H2,1H3,(H,28,30). The number of nitrogens with zero attached hydrogens (tertiary/aromatic N) is 2. The van der Waals surface area contributed by atoms with Gasteiger partial charge in [0, 0.05) is 61.7 Å². The number of H-pyrrole nitrogens is 1. The molecule has 0 aliphatic rings. The fourth-order valence-electron chi connectivity index (χ4n) is 3.14. The summed E-state index contributed by atoms with van der Waals surface area (Å²) in [6, 6.07) is 3.96. The van der Waals surface area contributed by atoms with E-state index in [-0.39, 0.29) is 24.3 Å². The third kappa shape index (κ3) is 4.76. The van der Waals surface area contributed by atoms with Gasteiger partial charge in [-0.15, -0.1) is 0 Å². The Morgan fingerprint density at radius 1 is 1.17 bits per heavy atom. The monoisotopic (exact) mass is 420 g/mol. The average Bonchev–Trinajstić information content (AvgIpc) is 3.09. The van der Waals surface area contributed by atoms with Gasteiger partial charge in [0.05, 0.1) is 5.56 Å². The topological polar surface area (TPSA) is 89.5 Å². The van der Waals surface area contributed by atoms with E-state index >= 15 is 0 Å². The number of alkyl halides is 3. The molecule has 3 rings (SSSR count). The molecule has 0 aliphatic carbocycles. The van der Waals surface area contributed by atoms with Crippen molar-refractivity contribution in [2.75, 3.05) is 17.7 Å². The largest absolute Gasteiger partial charge is 0.416 e. The second kappa shape index (κ2) is 8.93. The van der Waals surface area contributed by atoms with Crippen molar-refractivity contribution >= 4 is 17.9 Å². The number of pyridine rings is 2. The molecule has 0 radical (unpaired) electrons. The molecule has 3 aromatic heterocycles. The highest BCUT2D eigenvalue weighted by atomic mass is 19.4. The summed E-state index contributed by atoms with van der Waals surface area (Å²) >= 11 is 0. The van der Waals surface area contributed by atoms with E-state index in [0.717, 1.165) is 35.4 Å². The first kappa shape index (κ1) is 21.3. The van der Waals surface area contributed by atoms with Gasteiger partial charge in [-0.25, -0.2) is 4.98 Å². The molecule has 4 N–H and O–H groups in total. The van der Waals surface area contributed by atoms with Crippen LogP contribution in [0.1, 0.15) is 27.8 Å². The van der Waals surface area contributed by atoms with Crippen LogP contribution in [0.5, 0.6) is 0 Å². The van der Waals surface area contributed by atoms with Gasteiger partial charge in [-0.1, -0.05) is 6.07 Å². The van der Waals surface area contributed by atoms with Gasteiger partial charge in [-0.05, 0) is 23.9 Å². The Labute approximate surface area is 170 Å². The Hall–Kier alpha value is -3.43. The van der Waals surface area contributed by atoms with Crippen molar-refractivity contribution in [1.29, 1.82) is 5.41 Å². The minimum atomic E-state index is -4.50. The van der Waals surface area contributed by atoms with Crippen LogP contribution in [0.3, 0.4) is 0 Å². The average molecular weight is 420 g/mol. The van der Waals surface area contributed by atoms with Crippen molar-refractivity contribution in [3.63, 3.8) is 0 Å². The summed E-state index contributed by atoms with van der Waals surface area (Å²) in [5, 5.41) is 13.0. The van der Waals surface area contributed by atoms with Crippen molar-refractivity contribution < 1.29 is 17.6 Å². The van der Waals surface area contributed by atoms with Crippen LogP contribution in [0.2, 0.25) is 0 Å². The van der Waals surface area contributed by atoms with Crippen LogP contribution in [-0.2, 0) is 25.6 Å². The minimum absolute atomic E-state index is 0.0560. The summed E-state index contributed by atoms with van der Waals surface area (Å²) in [4.78, 5) is 10.6. The second-order valence-corrected chi connectivity index (χ2v) is 6.53. The third-order valence-corrected chi connectivity index (χ3v) is 4.61. The van der Waals surface area contributed by atoms with E-state index in [9.17, 15) is 17.6 Å². The Morgan fingerprint density at radius 3 is 2.63 bits per heavy atom. The molecule has 0 aliphatic heterocycles. The molecule has 158 valence electrons. The maximum absolute atomic E-state index is 14.5. The molecule has 3 aromatic rings. The molecular weight excluding hydrogens is 400 g/mol. The van der Waals surface area contributed by atoms with Crippen molar-refractivity contribution in [3.05, 3.63) is 70.6 Å². The van der Waals surface area contributed by atoms with Crippen molar-refractivity contribution in [1.82, 2.24) is 15.0 Å². The van der Waals surface area contributed by atoms with Crippen LogP contribution in [0, 0.1) is 11.4 Å². The van der Waals surface area contributed by atoms with Crippen LogP contribution in [0.4, 0.5) is 29.2 Å². The van der Waals surface area contributed by atoms with Gasteiger partial charge < -0.3 is 21.0 Å². The predicted molar refractivity (Wildman–Crippen MR) is 106 cm³/mol. The molecule has 0 bridgehead atoms. The van der Waals surface area contributed by atoms with E-state index in [4.69, 9.17) is 5.41 Å². The van der Waals surface area contributed by atoms with E-state index in [1.165, 1.54) is 12.3 Å². The molecule has 0 fully saturated rings. The number of hydrogen-bond acceptors (Lipinski definition) is 5. The van der Waals surface area contributed by atoms with E-state index in [0.29, 0.717) is 12.0 Å². The van der Waals surface area contributed by atoms with Crippen molar-refractivity contribution in [2.45, 2.75) is 25.6 Å². The molecule has 3 heterocycles. The number of aromatic nitrogens is 3. The normalized spacial score (nSPS) is 11.4. The SMILES string of the molecule is CNc1[nH]cc(Cc2ccc(NCc3cnccc3C(F)(F)F)nc2F)c1CC=N. The second-order valence-electron chi connectivity index (χ2n) is 6.53. The van der Waals surface area contributed by atoms with E-state index in [1.807, 2.05) is 0 Å². The highest BCUT2D eigenvalue weighted by Crippen LogP contribution is 2.31. The summed E-state index contributed by atoms with van der Waals surface area (Å²) in [6.07, 6.45) is 1.38. The number of anilines is 2. The Balaban J connectivity index is 1.74. The lowest BCUT2D eigenvalue weighted by Gasteiger charge is -2.13. The molecule has 30 heavy (non-hydrogen) atoms. The smallest absolute Gasteiger partial charge is 0.374 e. The third-order valence-electron chi connectivity index (χ3n) is 4.61. The number of nitrogens with one attached hydrogen (secondary N) is 4. The lowest BCUT2D eigenvalue weighted by atomic mass is 10.0. The lowest BCUT2D eigenvalue weighted by Crippen LogP contribution is -2.13. The first-order valence-corrected chi connectivity index (χ1v) is 9.08. The van der Waals surface area contributed by atoms with Crippen molar-refractivity contribution in [2.24, 2.45) is 0 Å². The number of halogens is 4. The van der Waals surface area contributed by atoms with Crippen molar-refractivity contribution in [3.8, 4) is 0 Å². The zero-order chi connectivity index (χ0) is 21.7. The molecule has 0 saturated heterocycles. The maximum atomic E-state index is 14.5. The summed E-state index contributed by atoms with van der Waals surface area (Å²) in [5.41, 5.74) is 1.18. The van der Waals surface area contributed by atoms with Crippen LogP contribution in [0.15, 0.2) is 36.8 Å². The van der Waals surface area contributed by atoms with Crippen LogP contribution in [-0.4, -0.2) is 28.2 Å². The van der Waals surface area contributed by atoms with Gasteiger partial charge >= 0.3 is 6.18 Å². The van der Waals surface area contributed by atoms with Gasteiger partial charge in [0.2, 0.25) is 5.95 Å². The highest BCUT2D eigenvalue weighted by Gasteiger charge is 2.33. The Kier molecular flexibility index (Phi) is 6.34. The number of hydrogen-bond donors (Lipinski definition) is 4. The fraction of sp³-hybridized carbons (Fsp3) is 0.250. The quantitative estimate of drug-likeness (QED) is 0.247. The van der Waals surface area contributed by atoms with Gasteiger partial charge in [0.1, 0.15) is 11.6 Å². The van der Waals surface area contributed by atoms with E-state index in [1.54, 1.807) is 19.3 Å². The maximum Gasteiger partial charge on any atom is 0.416 e. The summed E-state index contributed by atoms with van der Waals surface area (Å²) in [6.45, 7) is -0.193. The summed E-state index contributed by atoms with van der Waals surface area (Å²) in [7, 11) is 1.75. The molecule has 0 saturated carbocycles. The Morgan fingerprint density at radius 2 is 1.97 bits per heavy atom. The van der Waals surface area contributed by atoms with E-state index in [2.05, 4.69) is 25.6 Å². The number of aromatic amines is 1. The van der Waals surface area contributed by atoms with Gasteiger partial charge in [0.25, 0.3) is 0 Å². The zero-order valence-corrected chi connectivity index (χ0v) is 16.1. The van der Waals surface area contributed by atoms with Gasteiger partial charge in [0.15, 0.2) is 0 Å². The molecule has 0 atom stereocenters. The van der Waals surface area contributed by atoms with Gasteiger partial charge in [-0.3, -0.25) is 4.98 Å². The fourth-order valence-corrected chi connectivity index (χ4v) is 3.14. The first-order valence-electron chi connectivity index (χ1n) is 9.08. The number of rotatable bonds is 8. The molecule has 6 nitrogen and oxygen atoms in total. The molecule has 0 unspecified atom stereocenters. The highest BCUT2D eigenvalue weighted by molar-refractivity contribution is 5.65.